The van der Waals surface area contributed by atoms with Gasteiger partial charge >= 0.3 is 5.22 Å². The molecule has 8 nitrogen and oxygen atoms in total. The van der Waals surface area contributed by atoms with Gasteiger partial charge in [-0.1, -0.05) is 23.3 Å². The Kier molecular flexibility index (Phi) is 6.09. The predicted octanol–water partition coefficient (Wildman–Crippen LogP) is 1.94. The van der Waals surface area contributed by atoms with Gasteiger partial charge in [0.25, 0.3) is 5.91 Å². The second kappa shape index (κ2) is 8.70. The van der Waals surface area contributed by atoms with Crippen molar-refractivity contribution in [1.29, 1.82) is 0 Å². The molecule has 0 spiro atoms. The van der Waals surface area contributed by atoms with E-state index >= 15 is 0 Å². The van der Waals surface area contributed by atoms with Crippen molar-refractivity contribution in [3.8, 4) is 0 Å². The SMILES string of the molecule is O=C(NCCCc1nnc(S(=O)(=O)Cc2ccc(F)cc2)o1)c1ccccn1. The number of halogens is 1. The molecule has 0 saturated heterocycles. The van der Waals surface area contributed by atoms with Crippen LogP contribution in [0.4, 0.5) is 4.39 Å². The zero-order valence-corrected chi connectivity index (χ0v) is 15.5. The zero-order chi connectivity index (χ0) is 20.0. The smallest absolute Gasteiger partial charge is 0.335 e. The molecule has 0 radical (unpaired) electrons. The van der Waals surface area contributed by atoms with Gasteiger partial charge in [-0.05, 0) is 36.2 Å². The number of carbonyl (C=O) groups is 1. The predicted molar refractivity (Wildman–Crippen MR) is 96.5 cm³/mol. The van der Waals surface area contributed by atoms with Crippen LogP contribution in [0.25, 0.3) is 0 Å². The van der Waals surface area contributed by atoms with Crippen LogP contribution in [-0.2, 0) is 22.0 Å². The van der Waals surface area contributed by atoms with Gasteiger partial charge in [-0.3, -0.25) is 9.78 Å². The molecule has 1 aromatic carbocycles. The van der Waals surface area contributed by atoms with Gasteiger partial charge in [0.1, 0.15) is 11.5 Å². The summed E-state index contributed by atoms with van der Waals surface area (Å²) in [6.07, 6.45) is 2.32. The third kappa shape index (κ3) is 5.19. The van der Waals surface area contributed by atoms with Crippen molar-refractivity contribution in [3.05, 3.63) is 71.6 Å². The summed E-state index contributed by atoms with van der Waals surface area (Å²) in [6.45, 7) is 0.343. The Morgan fingerprint density at radius 1 is 1.11 bits per heavy atom. The Balaban J connectivity index is 1.51. The number of pyridine rings is 1. The summed E-state index contributed by atoms with van der Waals surface area (Å²) in [5.74, 6) is -0.954. The van der Waals surface area contributed by atoms with Crippen LogP contribution in [0.5, 0.6) is 0 Å². The molecule has 0 saturated carbocycles. The summed E-state index contributed by atoms with van der Waals surface area (Å²) in [5, 5.41) is 9.54. The highest BCUT2D eigenvalue weighted by Crippen LogP contribution is 2.16. The minimum Gasteiger partial charge on any atom is -0.413 e. The molecule has 146 valence electrons. The van der Waals surface area contributed by atoms with Gasteiger partial charge < -0.3 is 9.73 Å². The lowest BCUT2D eigenvalue weighted by Crippen LogP contribution is -2.25. The molecule has 0 fully saturated rings. The number of rotatable bonds is 8. The van der Waals surface area contributed by atoms with Crippen molar-refractivity contribution in [3.63, 3.8) is 0 Å². The Labute approximate surface area is 160 Å². The average Bonchev–Trinajstić information content (AvgIpc) is 3.17. The maximum absolute atomic E-state index is 12.9. The highest BCUT2D eigenvalue weighted by Gasteiger charge is 2.23. The third-order valence-electron chi connectivity index (χ3n) is 3.73. The van der Waals surface area contributed by atoms with E-state index in [1.807, 2.05) is 0 Å². The molecule has 28 heavy (non-hydrogen) atoms. The number of amides is 1. The quantitative estimate of drug-likeness (QED) is 0.571. The number of carbonyl (C=O) groups excluding carboxylic acids is 1. The Bertz CT molecular complexity index is 1040. The first kappa shape index (κ1) is 19.6. The molecule has 0 bridgehead atoms. The van der Waals surface area contributed by atoms with E-state index in [9.17, 15) is 17.6 Å². The lowest BCUT2D eigenvalue weighted by Gasteiger charge is -2.03. The summed E-state index contributed by atoms with van der Waals surface area (Å²) in [6, 6.07) is 10.2. The number of aryl methyl sites for hydroxylation is 1. The second-order valence-corrected chi connectivity index (χ2v) is 7.79. The van der Waals surface area contributed by atoms with Gasteiger partial charge in [0.05, 0.1) is 5.75 Å². The number of hydrogen-bond acceptors (Lipinski definition) is 7. The molecule has 1 amide bonds. The molecule has 0 atom stereocenters. The fourth-order valence-corrected chi connectivity index (χ4v) is 3.50. The number of aromatic nitrogens is 3. The molecule has 2 aromatic heterocycles. The van der Waals surface area contributed by atoms with Crippen LogP contribution >= 0.6 is 0 Å². The fraction of sp³-hybridized carbons (Fsp3) is 0.222. The first-order valence-electron chi connectivity index (χ1n) is 8.43. The van der Waals surface area contributed by atoms with Crippen molar-refractivity contribution in [1.82, 2.24) is 20.5 Å². The molecule has 1 N–H and O–H groups in total. The first-order chi connectivity index (χ1) is 13.4. The van der Waals surface area contributed by atoms with Gasteiger partial charge in [-0.2, -0.15) is 0 Å². The normalized spacial score (nSPS) is 11.3. The van der Waals surface area contributed by atoms with Crippen molar-refractivity contribution < 1.29 is 22.0 Å². The lowest BCUT2D eigenvalue weighted by molar-refractivity contribution is 0.0948. The lowest BCUT2D eigenvalue weighted by atomic mass is 10.2. The minimum absolute atomic E-state index is 0.157. The minimum atomic E-state index is -3.83. The standard InChI is InChI=1S/C18H17FN4O4S/c19-14-8-6-13(7-9-14)12-28(25,26)18-23-22-16(27-18)5-3-11-21-17(24)15-4-1-2-10-20-15/h1-2,4,6-10H,3,5,11-12H2,(H,21,24). The van der Waals surface area contributed by atoms with Crippen LogP contribution in [0.1, 0.15) is 28.4 Å². The second-order valence-electron chi connectivity index (χ2n) is 5.92. The summed E-state index contributed by atoms with van der Waals surface area (Å²) >= 11 is 0. The number of nitrogens with zero attached hydrogens (tertiary/aromatic N) is 3. The molecule has 2 heterocycles. The third-order valence-corrected chi connectivity index (χ3v) is 5.15. The molecular formula is C18H17FN4O4S. The number of benzene rings is 1. The van der Waals surface area contributed by atoms with Crippen molar-refractivity contribution >= 4 is 15.7 Å². The van der Waals surface area contributed by atoms with Gasteiger partial charge in [0.15, 0.2) is 0 Å². The topological polar surface area (TPSA) is 115 Å². The van der Waals surface area contributed by atoms with Gasteiger partial charge in [-0.25, -0.2) is 12.8 Å². The van der Waals surface area contributed by atoms with Crippen LogP contribution in [0.3, 0.4) is 0 Å². The summed E-state index contributed by atoms with van der Waals surface area (Å²) in [7, 11) is -3.83. The van der Waals surface area contributed by atoms with Crippen LogP contribution in [0.15, 0.2) is 58.3 Å². The summed E-state index contributed by atoms with van der Waals surface area (Å²) < 4.78 is 42.8. The van der Waals surface area contributed by atoms with Crippen LogP contribution in [0.2, 0.25) is 0 Å². The monoisotopic (exact) mass is 404 g/mol. The van der Waals surface area contributed by atoms with Crippen molar-refractivity contribution in [2.75, 3.05) is 6.54 Å². The molecule has 10 heteroatoms. The fourth-order valence-electron chi connectivity index (χ4n) is 2.36. The molecule has 3 rings (SSSR count). The van der Waals surface area contributed by atoms with Gasteiger partial charge in [-0.15, -0.1) is 5.10 Å². The zero-order valence-electron chi connectivity index (χ0n) is 14.7. The molecular weight excluding hydrogens is 387 g/mol. The largest absolute Gasteiger partial charge is 0.413 e. The Morgan fingerprint density at radius 2 is 1.89 bits per heavy atom. The number of sulfone groups is 1. The summed E-state index contributed by atoms with van der Waals surface area (Å²) in [4.78, 5) is 15.8. The maximum atomic E-state index is 12.9. The van der Waals surface area contributed by atoms with E-state index < -0.39 is 20.9 Å². The molecule has 0 unspecified atom stereocenters. The first-order valence-corrected chi connectivity index (χ1v) is 10.1. The van der Waals surface area contributed by atoms with E-state index in [1.54, 1.807) is 18.2 Å². The van der Waals surface area contributed by atoms with Crippen LogP contribution in [-0.4, -0.2) is 36.1 Å². The molecule has 3 aromatic rings. The van der Waals surface area contributed by atoms with E-state index in [1.165, 1.54) is 30.5 Å². The number of nitrogens with one attached hydrogen (secondary N) is 1. The molecule has 0 aliphatic heterocycles. The van der Waals surface area contributed by atoms with Gasteiger partial charge in [0.2, 0.25) is 15.7 Å². The highest BCUT2D eigenvalue weighted by atomic mass is 32.2. The Hall–Kier alpha value is -3.14. The van der Waals surface area contributed by atoms with E-state index in [0.717, 1.165) is 0 Å². The van der Waals surface area contributed by atoms with E-state index in [4.69, 9.17) is 4.42 Å². The van der Waals surface area contributed by atoms with Crippen LogP contribution in [0, 0.1) is 5.82 Å². The van der Waals surface area contributed by atoms with Crippen molar-refractivity contribution in [2.45, 2.75) is 23.8 Å². The summed E-state index contributed by atoms with van der Waals surface area (Å²) in [5.41, 5.74) is 0.729. The van der Waals surface area contributed by atoms with E-state index in [0.29, 0.717) is 30.6 Å². The molecule has 0 aliphatic rings. The highest BCUT2D eigenvalue weighted by molar-refractivity contribution is 7.90. The van der Waals surface area contributed by atoms with Gasteiger partial charge in [0, 0.05) is 19.2 Å². The Morgan fingerprint density at radius 3 is 2.61 bits per heavy atom. The van der Waals surface area contributed by atoms with Crippen molar-refractivity contribution in [2.24, 2.45) is 0 Å². The van der Waals surface area contributed by atoms with E-state index in [2.05, 4.69) is 20.5 Å². The van der Waals surface area contributed by atoms with E-state index in [-0.39, 0.29) is 17.6 Å². The average molecular weight is 404 g/mol. The number of hydrogen-bond donors (Lipinski definition) is 1. The van der Waals surface area contributed by atoms with Crippen LogP contribution < -0.4 is 5.32 Å². The maximum Gasteiger partial charge on any atom is 0.335 e. The molecule has 0 aliphatic carbocycles.